The van der Waals surface area contributed by atoms with Gasteiger partial charge in [0.15, 0.2) is 0 Å². The maximum absolute atomic E-state index is 2.52. The second-order valence-electron chi connectivity index (χ2n) is 3.82. The molecule has 2 heteroatoms. The number of quaternary nitrogens is 1. The van der Waals surface area contributed by atoms with E-state index in [1.165, 1.54) is 37.0 Å². The molecule has 0 spiro atoms. The van der Waals surface area contributed by atoms with Gasteiger partial charge in [-0.1, -0.05) is 0 Å². The first-order valence-electron chi connectivity index (χ1n) is 3.95. The molecule has 0 aromatic heterocycles. The molecule has 3 rings (SSSR count). The summed E-state index contributed by atoms with van der Waals surface area (Å²) in [4.78, 5) is 0. The molecule has 0 aliphatic carbocycles. The van der Waals surface area contributed by atoms with Crippen LogP contribution in [0.1, 0.15) is 12.8 Å². The molecule has 3 aliphatic heterocycles. The van der Waals surface area contributed by atoms with E-state index in [1.54, 1.807) is 0 Å². The summed E-state index contributed by atoms with van der Waals surface area (Å²) in [6, 6.07) is 0. The van der Waals surface area contributed by atoms with E-state index in [2.05, 4.69) is 13.5 Å². The van der Waals surface area contributed by atoms with Crippen molar-refractivity contribution in [2.45, 2.75) is 12.8 Å². The predicted molar refractivity (Wildman–Crippen MR) is 37.8 cm³/mol. The van der Waals surface area contributed by atoms with Gasteiger partial charge in [0.05, 0.1) is 20.1 Å². The molecule has 3 fully saturated rings. The summed E-state index contributed by atoms with van der Waals surface area (Å²) in [6.07, 6.45) is 5.43. The van der Waals surface area contributed by atoms with Crippen LogP contribution < -0.4 is 0 Å². The van der Waals surface area contributed by atoms with Crippen molar-refractivity contribution in [2.24, 2.45) is 5.92 Å². The van der Waals surface area contributed by atoms with Crippen molar-refractivity contribution in [1.29, 1.82) is 0 Å². The Hall–Kier alpha value is 1.06. The SMILES string of the molecule is C[N+]12C[CH-]C(CC1)CC2.[Y]. The van der Waals surface area contributed by atoms with Gasteiger partial charge in [0.25, 0.3) is 0 Å². The third kappa shape index (κ3) is 1.62. The summed E-state index contributed by atoms with van der Waals surface area (Å²) in [7, 11) is 2.38. The van der Waals surface area contributed by atoms with E-state index >= 15 is 0 Å². The van der Waals surface area contributed by atoms with E-state index < -0.39 is 0 Å². The number of hydrogen-bond donors (Lipinski definition) is 0. The Balaban J connectivity index is 0.000000500. The van der Waals surface area contributed by atoms with Gasteiger partial charge >= 0.3 is 0 Å². The predicted octanol–water partition coefficient (Wildman–Crippen LogP) is 1.06. The largest absolute Gasteiger partial charge is 0.351 e. The quantitative estimate of drug-likeness (QED) is 0.418. The molecule has 0 unspecified atom stereocenters. The van der Waals surface area contributed by atoms with Crippen LogP contribution >= 0.6 is 0 Å². The molecule has 10 heavy (non-hydrogen) atoms. The van der Waals surface area contributed by atoms with E-state index in [9.17, 15) is 0 Å². The summed E-state index contributed by atoms with van der Waals surface area (Å²) in [6.45, 7) is 4.20. The normalized spacial score (nSPS) is 44.7. The minimum atomic E-state index is 0. The second-order valence-corrected chi connectivity index (χ2v) is 3.82. The average molecular weight is 214 g/mol. The molecule has 1 radical (unpaired) electrons. The van der Waals surface area contributed by atoms with Crippen LogP contribution in [-0.4, -0.2) is 31.2 Å². The van der Waals surface area contributed by atoms with Gasteiger partial charge in [-0.2, -0.15) is 5.92 Å². The summed E-state index contributed by atoms with van der Waals surface area (Å²) < 4.78 is 1.33. The molecule has 3 aliphatic rings. The van der Waals surface area contributed by atoms with E-state index in [4.69, 9.17) is 0 Å². The van der Waals surface area contributed by atoms with Crippen LogP contribution in [0.15, 0.2) is 0 Å². The van der Waals surface area contributed by atoms with Crippen LogP contribution in [-0.2, 0) is 32.7 Å². The zero-order chi connectivity index (χ0) is 6.32. The maximum atomic E-state index is 2.52. The molecule has 0 aromatic rings. The molecule has 0 amide bonds. The number of hydrogen-bond acceptors (Lipinski definition) is 0. The summed E-state index contributed by atoms with van der Waals surface area (Å²) in [5.74, 6) is 0.991. The molecule has 55 valence electrons. The van der Waals surface area contributed by atoms with Gasteiger partial charge in [0.1, 0.15) is 0 Å². The van der Waals surface area contributed by atoms with Gasteiger partial charge in [-0.05, 0) is 19.4 Å². The van der Waals surface area contributed by atoms with Crippen LogP contribution in [0.5, 0.6) is 0 Å². The van der Waals surface area contributed by atoms with Crippen molar-refractivity contribution >= 4 is 0 Å². The fourth-order valence-electron chi connectivity index (χ4n) is 2.03. The van der Waals surface area contributed by atoms with Crippen LogP contribution in [0.25, 0.3) is 0 Å². The molecule has 0 atom stereocenters. The molecule has 2 bridgehead atoms. The first-order chi connectivity index (χ1) is 4.29. The number of fused-ring (bicyclic) bond motifs is 3. The van der Waals surface area contributed by atoms with Crippen molar-refractivity contribution in [3.05, 3.63) is 6.42 Å². The minimum Gasteiger partial charge on any atom is -0.351 e. The second kappa shape index (κ2) is 3.20. The molecule has 3 heterocycles. The Bertz CT molecular complexity index is 103. The zero-order valence-electron chi connectivity index (χ0n) is 6.71. The molecule has 0 saturated carbocycles. The Morgan fingerprint density at radius 3 is 2.10 bits per heavy atom. The molecule has 0 N–H and O–H groups in total. The average Bonchev–Trinajstić information content (AvgIpc) is 1.90. The Kier molecular flexibility index (Phi) is 2.93. The fourth-order valence-corrected chi connectivity index (χ4v) is 2.03. The molecule has 1 nitrogen and oxygen atoms in total. The van der Waals surface area contributed by atoms with Gasteiger partial charge in [-0.25, -0.2) is 0 Å². The minimum absolute atomic E-state index is 0. The molecule has 0 aromatic carbocycles. The van der Waals surface area contributed by atoms with E-state index in [-0.39, 0.29) is 32.7 Å². The number of rotatable bonds is 0. The number of nitrogens with zero attached hydrogens (tertiary/aromatic N) is 1. The van der Waals surface area contributed by atoms with Crippen molar-refractivity contribution in [2.75, 3.05) is 26.7 Å². The Labute approximate surface area is 88.6 Å². The van der Waals surface area contributed by atoms with Crippen LogP contribution in [0, 0.1) is 12.3 Å². The molecular weight excluding hydrogens is 199 g/mol. The monoisotopic (exact) mass is 214 g/mol. The Morgan fingerprint density at radius 1 is 1.30 bits per heavy atom. The van der Waals surface area contributed by atoms with Crippen molar-refractivity contribution in [1.82, 2.24) is 0 Å². The van der Waals surface area contributed by atoms with Crippen LogP contribution in [0.4, 0.5) is 0 Å². The van der Waals surface area contributed by atoms with Crippen LogP contribution in [0.3, 0.4) is 0 Å². The number of piperidine rings is 3. The standard InChI is InChI=1S/C8H15N.Y/c1-9-5-2-8(3-6-9)4-7-9;/h2,8H,3-7H2,1H3;. The smallest absolute Gasteiger partial charge is 0.0742 e. The van der Waals surface area contributed by atoms with Crippen molar-refractivity contribution in [3.63, 3.8) is 0 Å². The van der Waals surface area contributed by atoms with E-state index in [0.29, 0.717) is 0 Å². The third-order valence-corrected chi connectivity index (χ3v) is 2.96. The first-order valence-corrected chi connectivity index (χ1v) is 3.95. The van der Waals surface area contributed by atoms with Gasteiger partial charge in [-0.15, -0.1) is 0 Å². The van der Waals surface area contributed by atoms with Gasteiger partial charge < -0.3 is 4.48 Å². The summed E-state index contributed by atoms with van der Waals surface area (Å²) in [5.41, 5.74) is 0. The van der Waals surface area contributed by atoms with Gasteiger partial charge in [-0.3, -0.25) is 6.42 Å². The maximum Gasteiger partial charge on any atom is 0.0742 e. The van der Waals surface area contributed by atoms with Crippen molar-refractivity contribution in [3.8, 4) is 0 Å². The fraction of sp³-hybridized carbons (Fsp3) is 0.875. The summed E-state index contributed by atoms with van der Waals surface area (Å²) >= 11 is 0. The van der Waals surface area contributed by atoms with E-state index in [0.717, 1.165) is 5.92 Å². The van der Waals surface area contributed by atoms with Crippen LogP contribution in [0.2, 0.25) is 0 Å². The topological polar surface area (TPSA) is 0 Å². The zero-order valence-corrected chi connectivity index (χ0v) is 9.55. The molecular formula is C8H15NY. The van der Waals surface area contributed by atoms with Crippen molar-refractivity contribution < 1.29 is 37.2 Å². The molecule has 3 saturated heterocycles. The van der Waals surface area contributed by atoms with Gasteiger partial charge in [0, 0.05) is 32.7 Å². The summed E-state index contributed by atoms with van der Waals surface area (Å²) in [5, 5.41) is 0. The Morgan fingerprint density at radius 2 is 1.90 bits per heavy atom. The third-order valence-electron chi connectivity index (χ3n) is 2.96. The van der Waals surface area contributed by atoms with Gasteiger partial charge in [0.2, 0.25) is 0 Å². The first kappa shape index (κ1) is 9.15. The van der Waals surface area contributed by atoms with E-state index in [1.807, 2.05) is 0 Å².